The van der Waals surface area contributed by atoms with E-state index in [1.54, 1.807) is 40.1 Å². The minimum atomic E-state index is -0.529. The third-order valence-electron chi connectivity index (χ3n) is 6.86. The van der Waals surface area contributed by atoms with Gasteiger partial charge in [-0.1, -0.05) is 12.1 Å². The van der Waals surface area contributed by atoms with Gasteiger partial charge in [0.05, 0.1) is 41.3 Å². The number of aromatic nitrogens is 1. The van der Waals surface area contributed by atoms with Crippen LogP contribution in [0.25, 0.3) is 11.3 Å². The summed E-state index contributed by atoms with van der Waals surface area (Å²) in [6.45, 7) is 3.00. The number of anilines is 1. The number of hydrogen-bond acceptors (Lipinski definition) is 6. The first-order valence-corrected chi connectivity index (χ1v) is 12.2. The van der Waals surface area contributed by atoms with Crippen molar-refractivity contribution in [1.82, 2.24) is 9.88 Å². The van der Waals surface area contributed by atoms with Gasteiger partial charge in [-0.3, -0.25) is 14.6 Å². The molecule has 8 heteroatoms. The predicted octanol–water partition coefficient (Wildman–Crippen LogP) is 4.33. The number of carbonyl (C=O) groups is 3. The molecule has 0 bridgehead atoms. The Kier molecular flexibility index (Phi) is 6.45. The smallest absolute Gasteiger partial charge is 0.340 e. The van der Waals surface area contributed by atoms with Crippen molar-refractivity contribution in [3.05, 3.63) is 82.5 Å². The molecule has 0 unspecified atom stereocenters. The maximum atomic E-state index is 13.1. The van der Waals surface area contributed by atoms with Crippen LogP contribution in [0.4, 0.5) is 5.69 Å². The standard InChI is InChI=1S/C29H26N4O4/c1-18(34)33(15-19-3-4-19)27-10-8-21(12-25(27)29(36)37-2)26-9-7-22(14-31-26)28(35)32-16-23-6-5-20(13-30)11-24(23)17-32/h5-12,14,19H,3-4,15-17H2,1-2H3. The van der Waals surface area contributed by atoms with Gasteiger partial charge in [-0.15, -0.1) is 0 Å². The molecule has 2 aliphatic rings. The second-order valence-electron chi connectivity index (χ2n) is 9.49. The number of benzene rings is 2. The van der Waals surface area contributed by atoms with Gasteiger partial charge < -0.3 is 14.5 Å². The van der Waals surface area contributed by atoms with Gasteiger partial charge in [-0.25, -0.2) is 4.79 Å². The number of methoxy groups -OCH3 is 1. The van der Waals surface area contributed by atoms with E-state index < -0.39 is 5.97 Å². The summed E-state index contributed by atoms with van der Waals surface area (Å²) >= 11 is 0. The van der Waals surface area contributed by atoms with E-state index in [9.17, 15) is 14.4 Å². The average Bonchev–Trinajstić information content (AvgIpc) is 3.65. The zero-order valence-electron chi connectivity index (χ0n) is 20.7. The summed E-state index contributed by atoms with van der Waals surface area (Å²) in [7, 11) is 1.31. The zero-order valence-corrected chi connectivity index (χ0v) is 20.7. The fourth-order valence-electron chi connectivity index (χ4n) is 4.64. The molecule has 1 aromatic heterocycles. The second-order valence-corrected chi connectivity index (χ2v) is 9.49. The summed E-state index contributed by atoms with van der Waals surface area (Å²) in [5.74, 6) is -0.341. The number of amides is 2. The molecular weight excluding hydrogens is 468 g/mol. The number of rotatable bonds is 6. The molecule has 1 aliphatic heterocycles. The molecule has 0 spiro atoms. The summed E-state index contributed by atoms with van der Waals surface area (Å²) in [5, 5.41) is 9.13. The quantitative estimate of drug-likeness (QED) is 0.473. The third-order valence-corrected chi connectivity index (χ3v) is 6.86. The van der Waals surface area contributed by atoms with Crippen LogP contribution in [0.15, 0.2) is 54.7 Å². The molecule has 2 aromatic carbocycles. The Bertz CT molecular complexity index is 1440. The number of ether oxygens (including phenoxy) is 1. The normalized spacial score (nSPS) is 14.0. The second kappa shape index (κ2) is 9.86. The first kappa shape index (κ1) is 24.2. The Hall–Kier alpha value is -4.51. The van der Waals surface area contributed by atoms with E-state index in [0.29, 0.717) is 59.2 Å². The van der Waals surface area contributed by atoms with Crippen LogP contribution in [-0.4, -0.2) is 41.3 Å². The highest BCUT2D eigenvalue weighted by Crippen LogP contribution is 2.34. The molecule has 1 saturated carbocycles. The fraction of sp³-hybridized carbons (Fsp3) is 0.276. The van der Waals surface area contributed by atoms with E-state index in [-0.39, 0.29) is 11.8 Å². The number of esters is 1. The van der Waals surface area contributed by atoms with Crippen molar-refractivity contribution in [3.8, 4) is 17.3 Å². The van der Waals surface area contributed by atoms with Crippen LogP contribution in [0.3, 0.4) is 0 Å². The highest BCUT2D eigenvalue weighted by molar-refractivity contribution is 6.03. The molecule has 0 radical (unpaired) electrons. The van der Waals surface area contributed by atoms with Crippen molar-refractivity contribution in [2.75, 3.05) is 18.6 Å². The van der Waals surface area contributed by atoms with E-state index in [1.165, 1.54) is 20.2 Å². The lowest BCUT2D eigenvalue weighted by Gasteiger charge is -2.23. The maximum absolute atomic E-state index is 13.1. The van der Waals surface area contributed by atoms with Crippen LogP contribution in [0.2, 0.25) is 0 Å². The number of nitriles is 1. The van der Waals surface area contributed by atoms with Gasteiger partial charge in [0.25, 0.3) is 5.91 Å². The van der Waals surface area contributed by atoms with Gasteiger partial charge >= 0.3 is 5.97 Å². The fourth-order valence-corrected chi connectivity index (χ4v) is 4.64. The van der Waals surface area contributed by atoms with Gasteiger partial charge in [-0.2, -0.15) is 5.26 Å². The minimum absolute atomic E-state index is 0.126. The zero-order chi connectivity index (χ0) is 26.1. The molecule has 5 rings (SSSR count). The summed E-state index contributed by atoms with van der Waals surface area (Å²) in [5.41, 5.74) is 5.13. The Morgan fingerprint density at radius 2 is 1.86 bits per heavy atom. The maximum Gasteiger partial charge on any atom is 0.340 e. The lowest BCUT2D eigenvalue weighted by Crippen LogP contribution is -2.32. The van der Waals surface area contributed by atoms with Crippen molar-refractivity contribution in [2.45, 2.75) is 32.9 Å². The number of pyridine rings is 1. The van der Waals surface area contributed by atoms with Gasteiger partial charge in [0.2, 0.25) is 5.91 Å². The van der Waals surface area contributed by atoms with Crippen molar-refractivity contribution in [3.63, 3.8) is 0 Å². The summed E-state index contributed by atoms with van der Waals surface area (Å²) in [6.07, 6.45) is 3.69. The van der Waals surface area contributed by atoms with Crippen molar-refractivity contribution >= 4 is 23.5 Å². The van der Waals surface area contributed by atoms with Crippen LogP contribution in [0.5, 0.6) is 0 Å². The Balaban J connectivity index is 1.38. The first-order valence-electron chi connectivity index (χ1n) is 12.2. The molecular formula is C29H26N4O4. The lowest BCUT2D eigenvalue weighted by atomic mass is 10.0. The van der Waals surface area contributed by atoms with E-state index in [0.717, 1.165) is 24.0 Å². The van der Waals surface area contributed by atoms with Crippen molar-refractivity contribution in [2.24, 2.45) is 5.92 Å². The Morgan fingerprint density at radius 1 is 1.08 bits per heavy atom. The number of fused-ring (bicyclic) bond motifs is 1. The molecule has 1 aliphatic carbocycles. The topological polar surface area (TPSA) is 104 Å². The molecule has 0 saturated heterocycles. The molecule has 186 valence electrons. The first-order chi connectivity index (χ1) is 17.9. The Labute approximate surface area is 215 Å². The summed E-state index contributed by atoms with van der Waals surface area (Å²) < 4.78 is 5.00. The van der Waals surface area contributed by atoms with Crippen LogP contribution in [0.1, 0.15) is 57.2 Å². The summed E-state index contributed by atoms with van der Waals surface area (Å²) in [6, 6.07) is 16.3. The lowest BCUT2D eigenvalue weighted by molar-refractivity contribution is -0.116. The van der Waals surface area contributed by atoms with Gasteiger partial charge in [-0.05, 0) is 66.3 Å². The molecule has 37 heavy (non-hydrogen) atoms. The third kappa shape index (κ3) is 4.94. The average molecular weight is 495 g/mol. The minimum Gasteiger partial charge on any atom is -0.465 e. The largest absolute Gasteiger partial charge is 0.465 e. The number of nitrogens with zero attached hydrogens (tertiary/aromatic N) is 4. The van der Waals surface area contributed by atoms with E-state index in [2.05, 4.69) is 11.1 Å². The molecule has 0 atom stereocenters. The van der Waals surface area contributed by atoms with Crippen LogP contribution in [0, 0.1) is 17.2 Å². The molecule has 8 nitrogen and oxygen atoms in total. The van der Waals surface area contributed by atoms with Crippen LogP contribution < -0.4 is 4.90 Å². The Morgan fingerprint density at radius 3 is 2.51 bits per heavy atom. The highest BCUT2D eigenvalue weighted by Gasteiger charge is 2.29. The molecule has 3 aromatic rings. The molecule has 2 amide bonds. The predicted molar refractivity (Wildman–Crippen MR) is 136 cm³/mol. The van der Waals surface area contributed by atoms with Gasteiger partial charge in [0, 0.05) is 38.3 Å². The van der Waals surface area contributed by atoms with Crippen molar-refractivity contribution in [1.29, 1.82) is 5.26 Å². The van der Waals surface area contributed by atoms with E-state index >= 15 is 0 Å². The summed E-state index contributed by atoms with van der Waals surface area (Å²) in [4.78, 5) is 45.9. The molecule has 2 heterocycles. The highest BCUT2D eigenvalue weighted by atomic mass is 16.5. The monoisotopic (exact) mass is 494 g/mol. The van der Waals surface area contributed by atoms with E-state index in [1.807, 2.05) is 18.2 Å². The van der Waals surface area contributed by atoms with Crippen LogP contribution in [-0.2, 0) is 22.6 Å². The number of hydrogen-bond donors (Lipinski definition) is 0. The van der Waals surface area contributed by atoms with Crippen LogP contribution >= 0.6 is 0 Å². The molecule has 1 fully saturated rings. The SMILES string of the molecule is COC(=O)c1cc(-c2ccc(C(=O)N3Cc4ccc(C#N)cc4C3)cn2)ccc1N(CC1CC1)C(C)=O. The van der Waals surface area contributed by atoms with E-state index in [4.69, 9.17) is 10.00 Å². The van der Waals surface area contributed by atoms with Crippen molar-refractivity contribution < 1.29 is 19.1 Å². The van der Waals surface area contributed by atoms with Gasteiger partial charge in [0.15, 0.2) is 0 Å². The van der Waals surface area contributed by atoms with Gasteiger partial charge in [0.1, 0.15) is 0 Å². The number of carbonyl (C=O) groups excluding carboxylic acids is 3. The molecule has 0 N–H and O–H groups in total.